The van der Waals surface area contributed by atoms with Crippen LogP contribution in [-0.2, 0) is 19.1 Å². The quantitative estimate of drug-likeness (QED) is 0.111. The molecule has 3 aromatic heterocycles. The summed E-state index contributed by atoms with van der Waals surface area (Å²) < 4.78 is 45.8. The van der Waals surface area contributed by atoms with E-state index in [4.69, 9.17) is 0 Å². The molecule has 0 saturated heterocycles. The third-order valence-corrected chi connectivity index (χ3v) is 8.76. The van der Waals surface area contributed by atoms with Gasteiger partial charge in [0.25, 0.3) is 0 Å². The molecule has 7 nitrogen and oxygen atoms in total. The van der Waals surface area contributed by atoms with E-state index >= 15 is 0 Å². The van der Waals surface area contributed by atoms with Gasteiger partial charge in [-0.15, -0.1) is 5.10 Å². The van der Waals surface area contributed by atoms with Gasteiger partial charge in [0.15, 0.2) is 0 Å². The van der Waals surface area contributed by atoms with Gasteiger partial charge in [0.1, 0.15) is 0 Å². The summed E-state index contributed by atoms with van der Waals surface area (Å²) in [5.41, 5.74) is 2.26. The second-order valence-electron chi connectivity index (χ2n) is 10.5. The molecular weight excluding hydrogens is 561 g/mol. The number of pyridine rings is 1. The van der Waals surface area contributed by atoms with Crippen molar-refractivity contribution < 1.29 is 13.2 Å². The number of nitrogens with zero attached hydrogens (tertiary/aromatic N) is 5. The van der Waals surface area contributed by atoms with Crippen molar-refractivity contribution in [1.29, 1.82) is 0 Å². The Morgan fingerprint density at radius 2 is 1.64 bits per heavy atom. The number of hydrogen-bond donors (Lipinski definition) is 1. The Balaban J connectivity index is 1.12. The lowest BCUT2D eigenvalue weighted by Gasteiger charge is -2.12. The molecule has 0 atom stereocenters. The molecule has 42 heavy (non-hydrogen) atoms. The standard InChI is InChI=1S/C31H35F3N6OS/c1-3-25-21(2)28-26(17-16-24-29(28)23(31(32,33)34)20-27(41)35-24)39(25)18-12-7-5-4-6-8-13-19-42-30-36-37-38-40(30)22-14-10-9-11-15-22/h9-11,14-17,20H,3-8,12-13,18-19H2,1-2H3,(H,35,41). The van der Waals surface area contributed by atoms with E-state index in [0.717, 1.165) is 84.9 Å². The Hall–Kier alpha value is -3.60. The molecule has 0 bridgehead atoms. The van der Waals surface area contributed by atoms with Crippen LogP contribution in [0, 0.1) is 6.92 Å². The van der Waals surface area contributed by atoms with Gasteiger partial charge in [0, 0.05) is 45.9 Å². The zero-order valence-corrected chi connectivity index (χ0v) is 24.7. The Morgan fingerprint density at radius 1 is 0.929 bits per heavy atom. The van der Waals surface area contributed by atoms with E-state index in [0.29, 0.717) is 11.5 Å². The van der Waals surface area contributed by atoms with Crippen molar-refractivity contribution in [2.24, 2.45) is 0 Å². The topological polar surface area (TPSA) is 81.4 Å². The van der Waals surface area contributed by atoms with Gasteiger partial charge in [-0.2, -0.15) is 17.9 Å². The van der Waals surface area contributed by atoms with Crippen LogP contribution < -0.4 is 5.56 Å². The highest BCUT2D eigenvalue weighted by molar-refractivity contribution is 7.99. The van der Waals surface area contributed by atoms with Gasteiger partial charge in [-0.3, -0.25) is 4.79 Å². The van der Waals surface area contributed by atoms with Crippen LogP contribution in [-0.4, -0.2) is 35.5 Å². The number of fused-ring (bicyclic) bond motifs is 3. The molecule has 5 aromatic rings. The summed E-state index contributed by atoms with van der Waals surface area (Å²) in [6.45, 7) is 4.69. The number of aryl methyl sites for hydroxylation is 2. The Labute approximate surface area is 246 Å². The summed E-state index contributed by atoms with van der Waals surface area (Å²) in [6, 6.07) is 14.0. The SMILES string of the molecule is CCc1c(C)c2c3c(C(F)(F)F)cc(=O)[nH]c3ccc2n1CCCCCCCCCSc1nnnn1-c1ccccc1. The van der Waals surface area contributed by atoms with E-state index in [2.05, 4.69) is 25.1 Å². The van der Waals surface area contributed by atoms with Gasteiger partial charge < -0.3 is 9.55 Å². The Morgan fingerprint density at radius 3 is 2.36 bits per heavy atom. The summed E-state index contributed by atoms with van der Waals surface area (Å²) in [6.07, 6.45) is 3.84. The van der Waals surface area contributed by atoms with Crippen LogP contribution in [0.5, 0.6) is 0 Å². The first-order chi connectivity index (χ1) is 20.3. The van der Waals surface area contributed by atoms with Crippen molar-refractivity contribution in [3.05, 3.63) is 75.7 Å². The number of nitrogens with one attached hydrogen (secondary N) is 1. The third-order valence-electron chi connectivity index (χ3n) is 7.75. The number of H-pyrrole nitrogens is 1. The Kier molecular flexibility index (Phi) is 9.35. The van der Waals surface area contributed by atoms with E-state index < -0.39 is 17.3 Å². The minimum atomic E-state index is -4.61. The average molecular weight is 597 g/mol. The van der Waals surface area contributed by atoms with Crippen molar-refractivity contribution in [3.63, 3.8) is 0 Å². The molecule has 0 spiro atoms. The summed E-state index contributed by atoms with van der Waals surface area (Å²) >= 11 is 1.67. The fourth-order valence-electron chi connectivity index (χ4n) is 5.80. The maximum absolute atomic E-state index is 13.9. The normalized spacial score (nSPS) is 12.1. The summed E-state index contributed by atoms with van der Waals surface area (Å²) in [7, 11) is 0. The largest absolute Gasteiger partial charge is 0.417 e. The second kappa shape index (κ2) is 13.1. The van der Waals surface area contributed by atoms with E-state index in [1.807, 2.05) is 50.2 Å². The lowest BCUT2D eigenvalue weighted by atomic mass is 10.0. The minimum absolute atomic E-state index is 0.0836. The van der Waals surface area contributed by atoms with Gasteiger partial charge in [-0.1, -0.05) is 69.0 Å². The number of hydrogen-bond acceptors (Lipinski definition) is 5. The molecule has 3 heterocycles. The van der Waals surface area contributed by atoms with Gasteiger partial charge >= 0.3 is 6.18 Å². The molecule has 1 N–H and O–H groups in total. The third kappa shape index (κ3) is 6.40. The van der Waals surface area contributed by atoms with E-state index in [9.17, 15) is 18.0 Å². The van der Waals surface area contributed by atoms with Gasteiger partial charge in [0.2, 0.25) is 10.7 Å². The number of aromatic amines is 1. The molecule has 0 aliphatic heterocycles. The first-order valence-electron chi connectivity index (χ1n) is 14.5. The predicted molar refractivity (Wildman–Crippen MR) is 161 cm³/mol. The fraction of sp³-hybridized carbons (Fsp3) is 0.419. The van der Waals surface area contributed by atoms with Crippen LogP contribution >= 0.6 is 11.8 Å². The summed E-state index contributed by atoms with van der Waals surface area (Å²) in [5.74, 6) is 0.964. The second-order valence-corrected chi connectivity index (χ2v) is 11.6. The van der Waals surface area contributed by atoms with Crippen LogP contribution in [0.1, 0.15) is 68.7 Å². The smallest absolute Gasteiger partial charge is 0.344 e. The number of halogens is 3. The number of aromatic nitrogens is 6. The summed E-state index contributed by atoms with van der Waals surface area (Å²) in [5, 5.41) is 13.5. The molecule has 0 unspecified atom stereocenters. The fourth-order valence-corrected chi connectivity index (χ4v) is 6.69. The molecule has 0 saturated carbocycles. The molecule has 0 aliphatic carbocycles. The zero-order chi connectivity index (χ0) is 29.7. The van der Waals surface area contributed by atoms with Gasteiger partial charge in [-0.05, 0) is 66.4 Å². The minimum Gasteiger partial charge on any atom is -0.344 e. The number of alkyl halides is 3. The van der Waals surface area contributed by atoms with E-state index in [1.165, 1.54) is 6.42 Å². The lowest BCUT2D eigenvalue weighted by Crippen LogP contribution is -2.14. The predicted octanol–water partition coefficient (Wildman–Crippen LogP) is 7.87. The maximum Gasteiger partial charge on any atom is 0.417 e. The molecule has 0 amide bonds. The number of thioether (sulfide) groups is 1. The molecular formula is C31H35F3N6OS. The van der Waals surface area contributed by atoms with Crippen LogP contribution in [0.15, 0.2) is 58.5 Å². The van der Waals surface area contributed by atoms with E-state index in [-0.39, 0.29) is 10.9 Å². The summed E-state index contributed by atoms with van der Waals surface area (Å²) in [4.78, 5) is 14.5. The number of para-hydroxylation sites is 1. The number of benzene rings is 2. The van der Waals surface area contributed by atoms with Gasteiger partial charge in [-0.25, -0.2) is 0 Å². The first-order valence-corrected chi connectivity index (χ1v) is 15.5. The first kappa shape index (κ1) is 29.9. The highest BCUT2D eigenvalue weighted by Gasteiger charge is 2.34. The van der Waals surface area contributed by atoms with Crippen LogP contribution in [0.25, 0.3) is 27.5 Å². The highest BCUT2D eigenvalue weighted by Crippen LogP contribution is 2.39. The van der Waals surface area contributed by atoms with Crippen molar-refractivity contribution in [2.75, 3.05) is 5.75 Å². The van der Waals surface area contributed by atoms with Crippen LogP contribution in [0.3, 0.4) is 0 Å². The maximum atomic E-state index is 13.9. The Bertz CT molecular complexity index is 1710. The lowest BCUT2D eigenvalue weighted by molar-refractivity contribution is -0.136. The average Bonchev–Trinajstić information content (AvgIpc) is 3.55. The van der Waals surface area contributed by atoms with Crippen molar-refractivity contribution in [1.82, 2.24) is 29.8 Å². The number of rotatable bonds is 13. The molecule has 5 rings (SSSR count). The number of unbranched alkanes of at least 4 members (excludes halogenated alkanes) is 6. The molecule has 2 aromatic carbocycles. The van der Waals surface area contributed by atoms with Crippen molar-refractivity contribution >= 4 is 33.6 Å². The van der Waals surface area contributed by atoms with Gasteiger partial charge in [0.05, 0.1) is 11.3 Å². The highest BCUT2D eigenvalue weighted by atomic mass is 32.2. The monoisotopic (exact) mass is 596 g/mol. The van der Waals surface area contributed by atoms with Crippen molar-refractivity contribution in [3.8, 4) is 5.69 Å². The van der Waals surface area contributed by atoms with Crippen LogP contribution in [0.4, 0.5) is 13.2 Å². The molecule has 0 aliphatic rings. The molecule has 0 fully saturated rings. The molecule has 222 valence electrons. The van der Waals surface area contributed by atoms with E-state index in [1.54, 1.807) is 22.5 Å². The molecule has 0 radical (unpaired) electrons. The number of tetrazole rings is 1. The zero-order valence-electron chi connectivity index (χ0n) is 23.9. The van der Waals surface area contributed by atoms with Crippen LogP contribution in [0.2, 0.25) is 0 Å². The molecule has 11 heteroatoms. The van der Waals surface area contributed by atoms with Crippen molar-refractivity contribution in [2.45, 2.75) is 83.1 Å².